The van der Waals surface area contributed by atoms with E-state index in [-0.39, 0.29) is 16.2 Å². The number of hydrogen-bond acceptors (Lipinski definition) is 4. The zero-order chi connectivity index (χ0) is 15.6. The molecule has 1 N–H and O–H groups in total. The molecule has 0 amide bonds. The summed E-state index contributed by atoms with van der Waals surface area (Å²) in [6, 6.07) is 7.65. The molecule has 0 unspecified atom stereocenters. The predicted octanol–water partition coefficient (Wildman–Crippen LogP) is 2.37. The first-order valence-electron chi connectivity index (χ1n) is 6.28. The number of rotatable bonds is 4. The van der Waals surface area contributed by atoms with Gasteiger partial charge in [-0.2, -0.15) is 0 Å². The molecule has 5 nitrogen and oxygen atoms in total. The Morgan fingerprint density at radius 3 is 2.52 bits per heavy atom. The Hall–Kier alpha value is -2.21. The second kappa shape index (κ2) is 5.65. The minimum Gasteiger partial charge on any atom is -0.478 e. The maximum atomic E-state index is 12.4. The van der Waals surface area contributed by atoms with E-state index >= 15 is 0 Å². The molecular formula is C15H15NO4S. The number of carbonyl (C=O) groups is 1. The summed E-state index contributed by atoms with van der Waals surface area (Å²) in [7, 11) is -3.63. The summed E-state index contributed by atoms with van der Waals surface area (Å²) < 4.78 is 24.8. The van der Waals surface area contributed by atoms with Crippen LogP contribution < -0.4 is 0 Å². The number of pyridine rings is 1. The summed E-state index contributed by atoms with van der Waals surface area (Å²) in [5, 5.41) is 9.08. The van der Waals surface area contributed by atoms with Crippen LogP contribution in [0.15, 0.2) is 41.4 Å². The average molecular weight is 305 g/mol. The predicted molar refractivity (Wildman–Crippen MR) is 78.0 cm³/mol. The monoisotopic (exact) mass is 305 g/mol. The van der Waals surface area contributed by atoms with Gasteiger partial charge in [-0.1, -0.05) is 12.1 Å². The third-order valence-corrected chi connectivity index (χ3v) is 4.87. The molecule has 1 aromatic heterocycles. The van der Waals surface area contributed by atoms with E-state index in [9.17, 15) is 13.2 Å². The van der Waals surface area contributed by atoms with Crippen molar-refractivity contribution in [3.63, 3.8) is 0 Å². The van der Waals surface area contributed by atoms with Gasteiger partial charge in [0.15, 0.2) is 9.84 Å². The van der Waals surface area contributed by atoms with Gasteiger partial charge < -0.3 is 5.11 Å². The number of carboxylic acid groups (broad SMARTS) is 1. The highest BCUT2D eigenvalue weighted by Crippen LogP contribution is 2.20. The number of nitrogens with zero attached hydrogens (tertiary/aromatic N) is 1. The lowest BCUT2D eigenvalue weighted by Crippen LogP contribution is -2.09. The molecule has 110 valence electrons. The number of aromatic nitrogens is 1. The fraction of sp³-hybridized carbons (Fsp3) is 0.200. The van der Waals surface area contributed by atoms with Crippen LogP contribution in [0.25, 0.3) is 0 Å². The van der Waals surface area contributed by atoms with Crippen LogP contribution in [0.4, 0.5) is 0 Å². The van der Waals surface area contributed by atoms with Crippen LogP contribution >= 0.6 is 0 Å². The minimum absolute atomic E-state index is 0.00412. The standard InChI is InChI=1S/C15H15NO4S/c1-10-5-6-12(8-13(10)15(17)18)21(19,20)9-14-11(2)4-3-7-16-14/h3-8H,9H2,1-2H3,(H,17,18). The molecular weight excluding hydrogens is 290 g/mol. The van der Waals surface area contributed by atoms with Gasteiger partial charge in [-0.15, -0.1) is 0 Å². The fourth-order valence-corrected chi connectivity index (χ4v) is 3.36. The Morgan fingerprint density at radius 2 is 1.90 bits per heavy atom. The highest BCUT2D eigenvalue weighted by Gasteiger charge is 2.20. The maximum Gasteiger partial charge on any atom is 0.335 e. The third kappa shape index (κ3) is 3.28. The Balaban J connectivity index is 2.43. The molecule has 0 bridgehead atoms. The number of sulfone groups is 1. The van der Waals surface area contributed by atoms with Gasteiger partial charge >= 0.3 is 5.97 Å². The molecule has 0 fully saturated rings. The van der Waals surface area contributed by atoms with Crippen molar-refractivity contribution >= 4 is 15.8 Å². The van der Waals surface area contributed by atoms with Crippen molar-refractivity contribution in [1.82, 2.24) is 4.98 Å². The third-order valence-electron chi connectivity index (χ3n) is 3.24. The summed E-state index contributed by atoms with van der Waals surface area (Å²) >= 11 is 0. The molecule has 2 rings (SSSR count). The van der Waals surface area contributed by atoms with Crippen LogP contribution in [0.3, 0.4) is 0 Å². The van der Waals surface area contributed by atoms with Gasteiger partial charge in [-0.3, -0.25) is 4.98 Å². The molecule has 0 saturated heterocycles. The summed E-state index contributed by atoms with van der Waals surface area (Å²) in [5.41, 5.74) is 1.77. The molecule has 2 aromatic rings. The van der Waals surface area contributed by atoms with Gasteiger partial charge in [0.1, 0.15) is 0 Å². The number of aryl methyl sites for hydroxylation is 2. The lowest BCUT2D eigenvalue weighted by molar-refractivity contribution is 0.0696. The topological polar surface area (TPSA) is 84.3 Å². The molecule has 0 aliphatic carbocycles. The molecule has 0 aliphatic rings. The van der Waals surface area contributed by atoms with E-state index in [1.165, 1.54) is 24.4 Å². The molecule has 6 heteroatoms. The van der Waals surface area contributed by atoms with Crippen molar-refractivity contribution in [2.24, 2.45) is 0 Å². The largest absolute Gasteiger partial charge is 0.478 e. The number of benzene rings is 1. The lowest BCUT2D eigenvalue weighted by atomic mass is 10.1. The molecule has 21 heavy (non-hydrogen) atoms. The highest BCUT2D eigenvalue weighted by molar-refractivity contribution is 7.90. The second-order valence-corrected chi connectivity index (χ2v) is 6.80. The molecule has 0 aliphatic heterocycles. The Morgan fingerprint density at radius 1 is 1.19 bits per heavy atom. The summed E-state index contributed by atoms with van der Waals surface area (Å²) in [4.78, 5) is 15.2. The quantitative estimate of drug-likeness (QED) is 0.937. The van der Waals surface area contributed by atoms with E-state index in [2.05, 4.69) is 4.98 Å². The second-order valence-electron chi connectivity index (χ2n) is 4.81. The van der Waals surface area contributed by atoms with Gasteiger partial charge in [-0.05, 0) is 43.2 Å². The average Bonchev–Trinajstić information content (AvgIpc) is 2.41. The number of aromatic carboxylic acids is 1. The van der Waals surface area contributed by atoms with Gasteiger partial charge in [0.25, 0.3) is 0 Å². The first-order chi connectivity index (χ1) is 9.81. The Kier molecular flexibility index (Phi) is 4.09. The van der Waals surface area contributed by atoms with Gasteiger partial charge in [0.2, 0.25) is 0 Å². The normalized spacial score (nSPS) is 11.3. The lowest BCUT2D eigenvalue weighted by Gasteiger charge is -2.08. The van der Waals surface area contributed by atoms with E-state index < -0.39 is 15.8 Å². The Bertz CT molecular complexity index is 797. The van der Waals surface area contributed by atoms with Crippen LogP contribution in [0.5, 0.6) is 0 Å². The van der Waals surface area contributed by atoms with Crippen molar-refractivity contribution in [3.05, 3.63) is 58.9 Å². The summed E-state index contributed by atoms with van der Waals surface area (Å²) in [6.45, 7) is 3.42. The van der Waals surface area contributed by atoms with Crippen LogP contribution in [0.1, 0.15) is 27.2 Å². The molecule has 0 atom stereocenters. The smallest absolute Gasteiger partial charge is 0.335 e. The van der Waals surface area contributed by atoms with Crippen LogP contribution in [0.2, 0.25) is 0 Å². The molecule has 0 saturated carbocycles. The molecule has 1 heterocycles. The van der Waals surface area contributed by atoms with Crippen molar-refractivity contribution in [1.29, 1.82) is 0 Å². The molecule has 0 radical (unpaired) electrons. The number of hydrogen-bond donors (Lipinski definition) is 1. The molecule has 1 aromatic carbocycles. The van der Waals surface area contributed by atoms with Crippen LogP contribution in [-0.2, 0) is 15.6 Å². The summed E-state index contributed by atoms with van der Waals surface area (Å²) in [6.07, 6.45) is 1.54. The number of carboxylic acids is 1. The van der Waals surface area contributed by atoms with E-state index in [0.717, 1.165) is 5.56 Å². The van der Waals surface area contributed by atoms with Crippen LogP contribution in [0, 0.1) is 13.8 Å². The fourth-order valence-electron chi connectivity index (χ4n) is 1.96. The highest BCUT2D eigenvalue weighted by atomic mass is 32.2. The SMILES string of the molecule is Cc1ccc(S(=O)(=O)Cc2ncccc2C)cc1C(=O)O. The minimum atomic E-state index is -3.63. The van der Waals surface area contributed by atoms with Crippen molar-refractivity contribution in [3.8, 4) is 0 Å². The first-order valence-corrected chi connectivity index (χ1v) is 7.93. The van der Waals surface area contributed by atoms with Gasteiger partial charge in [0, 0.05) is 6.20 Å². The van der Waals surface area contributed by atoms with Crippen LogP contribution in [-0.4, -0.2) is 24.5 Å². The Labute approximate surface area is 123 Å². The molecule has 0 spiro atoms. The maximum absolute atomic E-state index is 12.4. The van der Waals surface area contributed by atoms with Gasteiger partial charge in [0.05, 0.1) is 21.9 Å². The summed E-state index contributed by atoms with van der Waals surface area (Å²) in [5.74, 6) is -1.39. The van der Waals surface area contributed by atoms with Crippen molar-refractivity contribution in [2.75, 3.05) is 0 Å². The van der Waals surface area contributed by atoms with Gasteiger partial charge in [-0.25, -0.2) is 13.2 Å². The van der Waals surface area contributed by atoms with E-state index in [1.807, 2.05) is 0 Å². The zero-order valence-electron chi connectivity index (χ0n) is 11.7. The first kappa shape index (κ1) is 15.2. The zero-order valence-corrected chi connectivity index (χ0v) is 12.5. The van der Waals surface area contributed by atoms with Crippen molar-refractivity contribution in [2.45, 2.75) is 24.5 Å². The van der Waals surface area contributed by atoms with E-state index in [0.29, 0.717) is 11.3 Å². The van der Waals surface area contributed by atoms with E-state index in [1.54, 1.807) is 26.0 Å². The van der Waals surface area contributed by atoms with Crippen molar-refractivity contribution < 1.29 is 18.3 Å². The van der Waals surface area contributed by atoms with E-state index in [4.69, 9.17) is 5.11 Å².